The Labute approximate surface area is 115 Å². The zero-order valence-electron chi connectivity index (χ0n) is 10.7. The van der Waals surface area contributed by atoms with Gasteiger partial charge in [-0.3, -0.25) is 10.1 Å². The Morgan fingerprint density at radius 1 is 1.63 bits per heavy atom. The Kier molecular flexibility index (Phi) is 3.12. The molecule has 2 aromatic heterocycles. The Morgan fingerprint density at radius 3 is 3.21 bits per heavy atom. The SMILES string of the molecule is Cn1cccc1C(=O)Nc1nc2c(s1)C[C@@H](N)CC2. The third kappa shape index (κ3) is 2.41. The number of nitrogens with two attached hydrogens (primary N) is 1. The maximum absolute atomic E-state index is 12.1. The lowest BCUT2D eigenvalue weighted by Gasteiger charge is -2.15. The van der Waals surface area contributed by atoms with E-state index in [4.69, 9.17) is 5.73 Å². The minimum atomic E-state index is -0.122. The molecule has 1 atom stereocenters. The molecular formula is C13H16N4OS. The smallest absolute Gasteiger partial charge is 0.274 e. The van der Waals surface area contributed by atoms with Gasteiger partial charge in [0.1, 0.15) is 5.69 Å². The molecule has 2 aromatic rings. The molecule has 1 aliphatic rings. The van der Waals surface area contributed by atoms with Crippen LogP contribution in [0.3, 0.4) is 0 Å². The Balaban J connectivity index is 1.78. The van der Waals surface area contributed by atoms with Crippen molar-refractivity contribution in [1.29, 1.82) is 0 Å². The van der Waals surface area contributed by atoms with E-state index in [2.05, 4.69) is 10.3 Å². The van der Waals surface area contributed by atoms with Crippen LogP contribution in [0, 0.1) is 0 Å². The van der Waals surface area contributed by atoms with Crippen LogP contribution < -0.4 is 11.1 Å². The first-order chi connectivity index (χ1) is 9.13. The van der Waals surface area contributed by atoms with Crippen molar-refractivity contribution in [2.75, 3.05) is 5.32 Å². The number of hydrogen-bond acceptors (Lipinski definition) is 4. The van der Waals surface area contributed by atoms with Gasteiger partial charge in [0.05, 0.1) is 5.69 Å². The van der Waals surface area contributed by atoms with Gasteiger partial charge in [0, 0.05) is 24.2 Å². The summed E-state index contributed by atoms with van der Waals surface area (Å²) < 4.78 is 1.79. The van der Waals surface area contributed by atoms with Crippen LogP contribution in [-0.4, -0.2) is 21.5 Å². The highest BCUT2D eigenvalue weighted by molar-refractivity contribution is 7.15. The fourth-order valence-corrected chi connectivity index (χ4v) is 3.41. The number of hydrogen-bond donors (Lipinski definition) is 2. The van der Waals surface area contributed by atoms with Crippen LogP contribution in [0.5, 0.6) is 0 Å². The van der Waals surface area contributed by atoms with Crippen molar-refractivity contribution in [3.63, 3.8) is 0 Å². The van der Waals surface area contributed by atoms with Crippen molar-refractivity contribution in [3.8, 4) is 0 Å². The zero-order chi connectivity index (χ0) is 13.4. The summed E-state index contributed by atoms with van der Waals surface area (Å²) in [6, 6.07) is 3.86. The third-order valence-corrected chi connectivity index (χ3v) is 4.41. The molecule has 0 fully saturated rings. The molecule has 6 heteroatoms. The number of rotatable bonds is 2. The Morgan fingerprint density at radius 2 is 2.47 bits per heavy atom. The number of thiazole rings is 1. The first kappa shape index (κ1) is 12.4. The number of fused-ring (bicyclic) bond motifs is 1. The van der Waals surface area contributed by atoms with Crippen LogP contribution in [0.2, 0.25) is 0 Å². The number of carbonyl (C=O) groups is 1. The highest BCUT2D eigenvalue weighted by Gasteiger charge is 2.21. The average molecular weight is 276 g/mol. The topological polar surface area (TPSA) is 72.9 Å². The summed E-state index contributed by atoms with van der Waals surface area (Å²) in [4.78, 5) is 17.8. The fourth-order valence-electron chi connectivity index (χ4n) is 2.31. The molecule has 0 aliphatic heterocycles. The third-order valence-electron chi connectivity index (χ3n) is 3.37. The minimum absolute atomic E-state index is 0.122. The van der Waals surface area contributed by atoms with E-state index in [1.807, 2.05) is 19.3 Å². The predicted octanol–water partition coefficient (Wildman–Crippen LogP) is 1.55. The van der Waals surface area contributed by atoms with Gasteiger partial charge in [-0.05, 0) is 31.4 Å². The minimum Gasteiger partial charge on any atom is -0.347 e. The number of aromatic nitrogens is 2. The van der Waals surface area contributed by atoms with Crippen molar-refractivity contribution in [2.24, 2.45) is 12.8 Å². The van der Waals surface area contributed by atoms with E-state index in [1.165, 1.54) is 16.2 Å². The highest BCUT2D eigenvalue weighted by atomic mass is 32.1. The average Bonchev–Trinajstić information content (AvgIpc) is 2.94. The predicted molar refractivity (Wildman–Crippen MR) is 75.5 cm³/mol. The van der Waals surface area contributed by atoms with Gasteiger partial charge in [-0.25, -0.2) is 4.98 Å². The fraction of sp³-hybridized carbons (Fsp3) is 0.385. The highest BCUT2D eigenvalue weighted by Crippen LogP contribution is 2.29. The zero-order valence-corrected chi connectivity index (χ0v) is 11.5. The summed E-state index contributed by atoms with van der Waals surface area (Å²) >= 11 is 1.54. The number of aryl methyl sites for hydroxylation is 2. The lowest BCUT2D eigenvalue weighted by Crippen LogP contribution is -2.27. The number of nitrogens with one attached hydrogen (secondary N) is 1. The quantitative estimate of drug-likeness (QED) is 0.874. The van der Waals surface area contributed by atoms with Crippen molar-refractivity contribution in [1.82, 2.24) is 9.55 Å². The second-order valence-corrected chi connectivity index (χ2v) is 5.93. The van der Waals surface area contributed by atoms with Crippen molar-refractivity contribution in [3.05, 3.63) is 34.6 Å². The molecule has 0 unspecified atom stereocenters. The number of anilines is 1. The molecule has 19 heavy (non-hydrogen) atoms. The molecule has 3 N–H and O–H groups in total. The summed E-state index contributed by atoms with van der Waals surface area (Å²) in [5, 5.41) is 3.54. The number of nitrogens with zero attached hydrogens (tertiary/aromatic N) is 2. The van der Waals surface area contributed by atoms with Gasteiger partial charge >= 0.3 is 0 Å². The van der Waals surface area contributed by atoms with Crippen LogP contribution in [0.15, 0.2) is 18.3 Å². The molecule has 0 radical (unpaired) electrons. The van der Waals surface area contributed by atoms with Crippen LogP contribution in [-0.2, 0) is 19.9 Å². The van der Waals surface area contributed by atoms with E-state index in [1.54, 1.807) is 10.6 Å². The normalized spacial score (nSPS) is 18.1. The van der Waals surface area contributed by atoms with Gasteiger partial charge in [-0.1, -0.05) is 0 Å². The van der Waals surface area contributed by atoms with Crippen molar-refractivity contribution in [2.45, 2.75) is 25.3 Å². The largest absolute Gasteiger partial charge is 0.347 e. The van der Waals surface area contributed by atoms with Gasteiger partial charge in [-0.15, -0.1) is 11.3 Å². The molecule has 1 aliphatic carbocycles. The van der Waals surface area contributed by atoms with E-state index < -0.39 is 0 Å². The van der Waals surface area contributed by atoms with Crippen LogP contribution in [0.1, 0.15) is 27.5 Å². The molecule has 0 aromatic carbocycles. The molecular weight excluding hydrogens is 260 g/mol. The maximum Gasteiger partial charge on any atom is 0.274 e. The Bertz CT molecular complexity index is 616. The molecule has 1 amide bonds. The molecule has 0 bridgehead atoms. The maximum atomic E-state index is 12.1. The Hall–Kier alpha value is -1.66. The monoisotopic (exact) mass is 276 g/mol. The summed E-state index contributed by atoms with van der Waals surface area (Å²) in [5.74, 6) is -0.122. The van der Waals surface area contributed by atoms with Gasteiger partial charge < -0.3 is 10.3 Å². The molecule has 100 valence electrons. The first-order valence-electron chi connectivity index (χ1n) is 6.30. The van der Waals surface area contributed by atoms with E-state index in [9.17, 15) is 4.79 Å². The van der Waals surface area contributed by atoms with Gasteiger partial charge in [0.15, 0.2) is 5.13 Å². The lowest BCUT2D eigenvalue weighted by molar-refractivity contribution is 0.101. The molecule has 2 heterocycles. The van der Waals surface area contributed by atoms with Gasteiger partial charge in [0.25, 0.3) is 5.91 Å². The standard InChI is InChI=1S/C13H16N4OS/c1-17-6-2-3-10(17)12(18)16-13-15-9-5-4-8(14)7-11(9)19-13/h2-3,6,8H,4-5,7,14H2,1H3,(H,15,16,18)/t8-/m0/s1. The van der Waals surface area contributed by atoms with Gasteiger partial charge in [-0.2, -0.15) is 0 Å². The second kappa shape index (κ2) is 4.79. The van der Waals surface area contributed by atoms with Gasteiger partial charge in [0.2, 0.25) is 0 Å². The first-order valence-corrected chi connectivity index (χ1v) is 7.12. The summed E-state index contributed by atoms with van der Waals surface area (Å²) in [6.07, 6.45) is 4.60. The van der Waals surface area contributed by atoms with E-state index >= 15 is 0 Å². The number of carbonyl (C=O) groups excluding carboxylic acids is 1. The molecule has 0 saturated heterocycles. The van der Waals surface area contributed by atoms with E-state index in [0.717, 1.165) is 25.0 Å². The summed E-state index contributed by atoms with van der Waals surface area (Å²) in [6.45, 7) is 0. The molecule has 0 spiro atoms. The second-order valence-electron chi connectivity index (χ2n) is 4.85. The van der Waals surface area contributed by atoms with Crippen molar-refractivity contribution < 1.29 is 4.79 Å². The van der Waals surface area contributed by atoms with Crippen LogP contribution in [0.25, 0.3) is 0 Å². The number of amides is 1. The summed E-state index contributed by atoms with van der Waals surface area (Å²) in [7, 11) is 1.85. The molecule has 5 nitrogen and oxygen atoms in total. The van der Waals surface area contributed by atoms with E-state index in [0.29, 0.717) is 10.8 Å². The van der Waals surface area contributed by atoms with Crippen molar-refractivity contribution >= 4 is 22.4 Å². The lowest BCUT2D eigenvalue weighted by atomic mass is 9.99. The summed E-state index contributed by atoms with van der Waals surface area (Å²) in [5.41, 5.74) is 7.67. The molecule has 0 saturated carbocycles. The van der Waals surface area contributed by atoms with E-state index in [-0.39, 0.29) is 11.9 Å². The molecule has 3 rings (SSSR count). The van der Waals surface area contributed by atoms with Crippen LogP contribution in [0.4, 0.5) is 5.13 Å². The van der Waals surface area contributed by atoms with Crippen LogP contribution >= 0.6 is 11.3 Å².